The highest BCUT2D eigenvalue weighted by Crippen LogP contribution is 2.33. The molecule has 4 heterocycles. The molecular formula is C21H19FN4. The number of aromatic nitrogens is 3. The van der Waals surface area contributed by atoms with Gasteiger partial charge in [0.1, 0.15) is 6.17 Å². The zero-order valence-corrected chi connectivity index (χ0v) is 14.3. The first-order valence-corrected chi connectivity index (χ1v) is 9.03. The van der Waals surface area contributed by atoms with Crippen molar-refractivity contribution in [1.29, 1.82) is 0 Å². The summed E-state index contributed by atoms with van der Waals surface area (Å²) in [4.78, 5) is 13.2. The molecule has 1 aromatic carbocycles. The molecule has 0 amide bonds. The molecule has 2 saturated heterocycles. The Morgan fingerprint density at radius 1 is 1.04 bits per heavy atom. The van der Waals surface area contributed by atoms with E-state index in [-0.39, 0.29) is 6.04 Å². The Labute approximate surface area is 151 Å². The van der Waals surface area contributed by atoms with Gasteiger partial charge in [-0.15, -0.1) is 0 Å². The lowest BCUT2D eigenvalue weighted by molar-refractivity contribution is 0.270. The van der Waals surface area contributed by atoms with Gasteiger partial charge in [0.25, 0.3) is 0 Å². The number of pyridine rings is 1. The molecule has 0 spiro atoms. The number of piperidine rings is 1. The van der Waals surface area contributed by atoms with E-state index in [1.165, 1.54) is 0 Å². The van der Waals surface area contributed by atoms with Crippen molar-refractivity contribution < 1.29 is 4.39 Å². The molecule has 3 atom stereocenters. The molecule has 2 aromatic heterocycles. The number of alkyl halides is 1. The van der Waals surface area contributed by atoms with Crippen molar-refractivity contribution in [1.82, 2.24) is 20.3 Å². The molecule has 0 saturated carbocycles. The molecule has 0 aliphatic carbocycles. The second-order valence-electron chi connectivity index (χ2n) is 7.14. The number of halogens is 1. The van der Waals surface area contributed by atoms with E-state index in [1.807, 2.05) is 30.5 Å². The smallest absolute Gasteiger partial charge is 0.137 e. The SMILES string of the molecule is F[C@H]1/C(=C\c2cnc(-c3ccc4cnccc4c3)cn2)C[C@@H]2CC[C@H]1N2. The minimum absolute atomic E-state index is 0.0284. The van der Waals surface area contributed by atoms with Gasteiger partial charge in [0, 0.05) is 35.4 Å². The molecule has 2 fully saturated rings. The van der Waals surface area contributed by atoms with Gasteiger partial charge in [0.15, 0.2) is 0 Å². The molecule has 1 N–H and O–H groups in total. The fourth-order valence-electron chi connectivity index (χ4n) is 4.03. The third-order valence-corrected chi connectivity index (χ3v) is 5.41. The van der Waals surface area contributed by atoms with Crippen LogP contribution in [0.5, 0.6) is 0 Å². The molecule has 0 radical (unpaired) electrons. The van der Waals surface area contributed by atoms with E-state index in [9.17, 15) is 4.39 Å². The van der Waals surface area contributed by atoms with Crippen LogP contribution < -0.4 is 5.32 Å². The normalized spacial score (nSPS) is 26.5. The molecule has 0 unspecified atom stereocenters. The van der Waals surface area contributed by atoms with E-state index >= 15 is 0 Å². The van der Waals surface area contributed by atoms with Crippen molar-refractivity contribution in [3.8, 4) is 11.3 Å². The topological polar surface area (TPSA) is 50.7 Å². The molecule has 2 bridgehead atoms. The Morgan fingerprint density at radius 2 is 2.00 bits per heavy atom. The third kappa shape index (κ3) is 2.78. The highest BCUT2D eigenvalue weighted by molar-refractivity contribution is 5.85. The van der Waals surface area contributed by atoms with Gasteiger partial charge in [-0.1, -0.05) is 12.1 Å². The number of hydrogen-bond acceptors (Lipinski definition) is 4. The van der Waals surface area contributed by atoms with Crippen LogP contribution in [-0.2, 0) is 0 Å². The number of fused-ring (bicyclic) bond motifs is 3. The molecule has 5 rings (SSSR count). The van der Waals surface area contributed by atoms with Crippen molar-refractivity contribution in [2.24, 2.45) is 0 Å². The number of benzene rings is 1. The molecule has 4 nitrogen and oxygen atoms in total. The largest absolute Gasteiger partial charge is 0.308 e. The van der Waals surface area contributed by atoms with Crippen LogP contribution in [-0.4, -0.2) is 33.2 Å². The zero-order chi connectivity index (χ0) is 17.5. The predicted molar refractivity (Wildman–Crippen MR) is 100 cm³/mol. The van der Waals surface area contributed by atoms with E-state index in [2.05, 4.69) is 26.3 Å². The van der Waals surface area contributed by atoms with Gasteiger partial charge in [-0.25, -0.2) is 4.39 Å². The zero-order valence-electron chi connectivity index (χ0n) is 14.3. The Bertz CT molecular complexity index is 983. The number of nitrogens with one attached hydrogen (secondary N) is 1. The quantitative estimate of drug-likeness (QED) is 0.764. The van der Waals surface area contributed by atoms with Crippen LogP contribution in [0.1, 0.15) is 25.0 Å². The minimum Gasteiger partial charge on any atom is -0.308 e. The minimum atomic E-state index is -0.913. The second-order valence-corrected chi connectivity index (χ2v) is 7.14. The van der Waals surface area contributed by atoms with Crippen LogP contribution in [0.15, 0.2) is 54.6 Å². The first-order valence-electron chi connectivity index (χ1n) is 9.03. The molecule has 26 heavy (non-hydrogen) atoms. The van der Waals surface area contributed by atoms with Crippen molar-refractivity contribution >= 4 is 16.8 Å². The third-order valence-electron chi connectivity index (χ3n) is 5.41. The van der Waals surface area contributed by atoms with Crippen LogP contribution in [0.25, 0.3) is 28.1 Å². The summed E-state index contributed by atoms with van der Waals surface area (Å²) in [5.41, 5.74) is 3.39. The van der Waals surface area contributed by atoms with Crippen LogP contribution in [0.3, 0.4) is 0 Å². The van der Waals surface area contributed by atoms with Crippen molar-refractivity contribution in [3.63, 3.8) is 0 Å². The maximum atomic E-state index is 14.5. The van der Waals surface area contributed by atoms with E-state index in [0.29, 0.717) is 6.04 Å². The summed E-state index contributed by atoms with van der Waals surface area (Å²) >= 11 is 0. The molecule has 5 heteroatoms. The second kappa shape index (κ2) is 6.25. The van der Waals surface area contributed by atoms with Gasteiger partial charge >= 0.3 is 0 Å². The number of rotatable bonds is 2. The van der Waals surface area contributed by atoms with Gasteiger partial charge < -0.3 is 5.32 Å². The maximum absolute atomic E-state index is 14.5. The number of nitrogens with zero attached hydrogens (tertiary/aromatic N) is 3. The summed E-state index contributed by atoms with van der Waals surface area (Å²) in [6.45, 7) is 0. The van der Waals surface area contributed by atoms with Crippen LogP contribution >= 0.6 is 0 Å². The summed E-state index contributed by atoms with van der Waals surface area (Å²) < 4.78 is 14.5. The molecule has 130 valence electrons. The van der Waals surface area contributed by atoms with E-state index in [4.69, 9.17) is 0 Å². The molecular weight excluding hydrogens is 327 g/mol. The van der Waals surface area contributed by atoms with Crippen LogP contribution in [0, 0.1) is 0 Å². The maximum Gasteiger partial charge on any atom is 0.137 e. The Kier molecular flexibility index (Phi) is 3.75. The summed E-state index contributed by atoms with van der Waals surface area (Å²) in [7, 11) is 0. The highest BCUT2D eigenvalue weighted by Gasteiger charge is 2.38. The molecule has 2 aliphatic heterocycles. The Hall–Kier alpha value is -2.66. The summed E-state index contributed by atoms with van der Waals surface area (Å²) in [6.07, 6.45) is 10.8. The fourth-order valence-corrected chi connectivity index (χ4v) is 4.03. The van der Waals surface area contributed by atoms with Crippen molar-refractivity contribution in [2.75, 3.05) is 0 Å². The van der Waals surface area contributed by atoms with Crippen LogP contribution in [0.4, 0.5) is 4.39 Å². The fraction of sp³-hybridized carbons (Fsp3) is 0.286. The highest BCUT2D eigenvalue weighted by atomic mass is 19.1. The van der Waals surface area contributed by atoms with Gasteiger partial charge in [-0.3, -0.25) is 15.0 Å². The lowest BCUT2D eigenvalue weighted by Crippen LogP contribution is -2.42. The number of hydrogen-bond donors (Lipinski definition) is 1. The van der Waals surface area contributed by atoms with E-state index in [1.54, 1.807) is 18.6 Å². The summed E-state index contributed by atoms with van der Waals surface area (Å²) in [5.74, 6) is 0. The average molecular weight is 346 g/mol. The molecule has 3 aromatic rings. The standard InChI is InChI=1S/C21H19FN4/c22-21-16(8-17-3-4-19(21)26-17)9-18-11-25-20(12-24-18)14-1-2-15-10-23-6-5-13(15)7-14/h1-2,5-7,9-12,17,19,21,26H,3-4,8H2/b16-9-/t17-,19+,21-/m0/s1. The first kappa shape index (κ1) is 15.6. The lowest BCUT2D eigenvalue weighted by Gasteiger charge is -2.27. The summed E-state index contributed by atoms with van der Waals surface area (Å²) in [5, 5.41) is 5.56. The average Bonchev–Trinajstić information content (AvgIpc) is 3.10. The predicted octanol–water partition coefficient (Wildman–Crippen LogP) is 3.94. The molecule has 2 aliphatic rings. The van der Waals surface area contributed by atoms with Crippen LogP contribution in [0.2, 0.25) is 0 Å². The van der Waals surface area contributed by atoms with Gasteiger partial charge in [-0.2, -0.15) is 0 Å². The first-order chi connectivity index (χ1) is 12.8. The lowest BCUT2D eigenvalue weighted by atomic mass is 9.96. The van der Waals surface area contributed by atoms with Gasteiger partial charge in [-0.05, 0) is 48.4 Å². The van der Waals surface area contributed by atoms with Gasteiger partial charge in [0.2, 0.25) is 0 Å². The Balaban J connectivity index is 1.42. The van der Waals surface area contributed by atoms with E-state index < -0.39 is 6.17 Å². The summed E-state index contributed by atoms with van der Waals surface area (Å²) in [6, 6.07) is 8.51. The Morgan fingerprint density at radius 3 is 2.88 bits per heavy atom. The van der Waals surface area contributed by atoms with E-state index in [0.717, 1.165) is 52.6 Å². The van der Waals surface area contributed by atoms with Crippen molar-refractivity contribution in [2.45, 2.75) is 37.5 Å². The van der Waals surface area contributed by atoms with Crippen molar-refractivity contribution in [3.05, 3.63) is 60.3 Å². The monoisotopic (exact) mass is 346 g/mol. The van der Waals surface area contributed by atoms with Gasteiger partial charge in [0.05, 0.1) is 23.8 Å².